The summed E-state index contributed by atoms with van der Waals surface area (Å²) in [6.45, 7) is 9.55. The van der Waals surface area contributed by atoms with Crippen molar-refractivity contribution in [2.24, 2.45) is 0 Å². The van der Waals surface area contributed by atoms with Crippen LogP contribution in [0.25, 0.3) is 0 Å². The summed E-state index contributed by atoms with van der Waals surface area (Å²) >= 11 is 0. The zero-order valence-electron chi connectivity index (χ0n) is 12.7. The van der Waals surface area contributed by atoms with Gasteiger partial charge in [-0.15, -0.1) is 0 Å². The Kier molecular flexibility index (Phi) is 9.59. The molecule has 2 nitrogen and oxygen atoms in total. The molecule has 0 bridgehead atoms. The summed E-state index contributed by atoms with van der Waals surface area (Å²) in [6.07, 6.45) is 12.7. The van der Waals surface area contributed by atoms with Gasteiger partial charge in [-0.1, -0.05) is 52.4 Å². The van der Waals surface area contributed by atoms with E-state index in [1.807, 2.05) is 0 Å². The summed E-state index contributed by atoms with van der Waals surface area (Å²) in [5, 5.41) is 3.65. The van der Waals surface area contributed by atoms with E-state index in [2.05, 4.69) is 24.1 Å². The normalized spacial score (nSPS) is 20.7. The minimum absolute atomic E-state index is 0.819. The van der Waals surface area contributed by atoms with E-state index in [-0.39, 0.29) is 0 Å². The molecule has 1 unspecified atom stereocenters. The van der Waals surface area contributed by atoms with Crippen LogP contribution in [0.1, 0.15) is 71.6 Å². The highest BCUT2D eigenvalue weighted by Gasteiger charge is 2.21. The fraction of sp³-hybridized carbons (Fsp3) is 1.00. The molecule has 0 spiro atoms. The third-order valence-electron chi connectivity index (χ3n) is 4.24. The van der Waals surface area contributed by atoms with Crippen molar-refractivity contribution in [3.8, 4) is 0 Å². The SMILES string of the molecule is CCCCCCCCCNCC1CCCN1CC. The Morgan fingerprint density at radius 3 is 2.44 bits per heavy atom. The Balaban J connectivity index is 1.83. The molecule has 1 atom stereocenters. The summed E-state index contributed by atoms with van der Waals surface area (Å²) in [7, 11) is 0. The third-order valence-corrected chi connectivity index (χ3v) is 4.24. The van der Waals surface area contributed by atoms with Crippen LogP contribution in [0.15, 0.2) is 0 Å². The van der Waals surface area contributed by atoms with Crippen molar-refractivity contribution in [1.82, 2.24) is 10.2 Å². The lowest BCUT2D eigenvalue weighted by atomic mass is 10.1. The molecular weight excluding hydrogens is 220 g/mol. The molecule has 0 saturated carbocycles. The Morgan fingerprint density at radius 2 is 1.72 bits per heavy atom. The van der Waals surface area contributed by atoms with E-state index in [4.69, 9.17) is 0 Å². The van der Waals surface area contributed by atoms with Gasteiger partial charge >= 0.3 is 0 Å². The highest BCUT2D eigenvalue weighted by Crippen LogP contribution is 2.15. The number of hydrogen-bond acceptors (Lipinski definition) is 2. The Morgan fingerprint density at radius 1 is 1.00 bits per heavy atom. The summed E-state index contributed by atoms with van der Waals surface area (Å²) in [6, 6.07) is 0.819. The second-order valence-corrected chi connectivity index (χ2v) is 5.75. The first-order chi connectivity index (χ1) is 8.88. The first-order valence-corrected chi connectivity index (χ1v) is 8.33. The van der Waals surface area contributed by atoms with E-state index in [9.17, 15) is 0 Å². The number of hydrogen-bond donors (Lipinski definition) is 1. The van der Waals surface area contributed by atoms with E-state index < -0.39 is 0 Å². The van der Waals surface area contributed by atoms with Crippen LogP contribution in [0.5, 0.6) is 0 Å². The molecule has 0 radical (unpaired) electrons. The van der Waals surface area contributed by atoms with Crippen LogP contribution in [0.2, 0.25) is 0 Å². The predicted octanol–water partition coefficient (Wildman–Crippen LogP) is 3.81. The number of likely N-dealkylation sites (N-methyl/N-ethyl adjacent to an activating group) is 1. The van der Waals surface area contributed by atoms with Gasteiger partial charge in [0.05, 0.1) is 0 Å². The maximum atomic E-state index is 3.65. The van der Waals surface area contributed by atoms with Crippen LogP contribution in [-0.2, 0) is 0 Å². The van der Waals surface area contributed by atoms with Gasteiger partial charge in [-0.2, -0.15) is 0 Å². The van der Waals surface area contributed by atoms with Gasteiger partial charge in [0, 0.05) is 12.6 Å². The lowest BCUT2D eigenvalue weighted by molar-refractivity contribution is 0.260. The smallest absolute Gasteiger partial charge is 0.0220 e. The maximum Gasteiger partial charge on any atom is 0.0220 e. The predicted molar refractivity (Wildman–Crippen MR) is 81.1 cm³/mol. The Bertz CT molecular complexity index is 182. The summed E-state index contributed by atoms with van der Waals surface area (Å²) in [4.78, 5) is 2.62. The molecule has 1 saturated heterocycles. The number of nitrogens with one attached hydrogen (secondary N) is 1. The van der Waals surface area contributed by atoms with Crippen LogP contribution in [0.4, 0.5) is 0 Å². The van der Waals surface area contributed by atoms with Crippen LogP contribution in [-0.4, -0.2) is 37.1 Å². The molecule has 0 aromatic heterocycles. The van der Waals surface area contributed by atoms with E-state index in [1.54, 1.807) is 0 Å². The third kappa shape index (κ3) is 6.75. The van der Waals surface area contributed by atoms with Crippen molar-refractivity contribution in [1.29, 1.82) is 0 Å². The quantitative estimate of drug-likeness (QED) is 0.564. The minimum atomic E-state index is 0.819. The number of nitrogens with zero attached hydrogens (tertiary/aromatic N) is 1. The molecule has 0 aromatic rings. The highest BCUT2D eigenvalue weighted by molar-refractivity contribution is 4.79. The fourth-order valence-electron chi connectivity index (χ4n) is 3.02. The zero-order chi connectivity index (χ0) is 13.1. The largest absolute Gasteiger partial charge is 0.315 e. The van der Waals surface area contributed by atoms with E-state index in [1.165, 1.54) is 84.0 Å². The number of unbranched alkanes of at least 4 members (excludes halogenated alkanes) is 6. The van der Waals surface area contributed by atoms with E-state index >= 15 is 0 Å². The van der Waals surface area contributed by atoms with Crippen LogP contribution in [0.3, 0.4) is 0 Å². The molecule has 1 aliphatic heterocycles. The maximum absolute atomic E-state index is 3.65. The second-order valence-electron chi connectivity index (χ2n) is 5.75. The molecule has 1 aliphatic rings. The molecule has 1 N–H and O–H groups in total. The molecule has 1 rings (SSSR count). The van der Waals surface area contributed by atoms with Crippen molar-refractivity contribution in [2.45, 2.75) is 77.7 Å². The molecule has 0 amide bonds. The Labute approximate surface area is 115 Å². The van der Waals surface area contributed by atoms with Gasteiger partial charge < -0.3 is 5.32 Å². The Hall–Kier alpha value is -0.0800. The lowest BCUT2D eigenvalue weighted by Crippen LogP contribution is -2.38. The van der Waals surface area contributed by atoms with Crippen molar-refractivity contribution < 1.29 is 0 Å². The highest BCUT2D eigenvalue weighted by atomic mass is 15.2. The standard InChI is InChI=1S/C16H34N2/c1-3-5-6-7-8-9-10-13-17-15-16-12-11-14-18(16)4-2/h16-17H,3-15H2,1-2H3. The second kappa shape index (κ2) is 10.8. The molecule has 0 aromatic carbocycles. The van der Waals surface area contributed by atoms with E-state index in [0.29, 0.717) is 0 Å². The molecule has 108 valence electrons. The average Bonchev–Trinajstić information content (AvgIpc) is 2.84. The number of rotatable bonds is 11. The molecule has 1 fully saturated rings. The summed E-state index contributed by atoms with van der Waals surface area (Å²) < 4.78 is 0. The van der Waals surface area contributed by atoms with Crippen LogP contribution in [0, 0.1) is 0 Å². The average molecular weight is 254 g/mol. The lowest BCUT2D eigenvalue weighted by Gasteiger charge is -2.22. The fourth-order valence-corrected chi connectivity index (χ4v) is 3.02. The van der Waals surface area contributed by atoms with Gasteiger partial charge in [-0.3, -0.25) is 4.90 Å². The molecular formula is C16H34N2. The molecule has 2 heteroatoms. The summed E-state index contributed by atoms with van der Waals surface area (Å²) in [5.74, 6) is 0. The van der Waals surface area contributed by atoms with Gasteiger partial charge in [0.2, 0.25) is 0 Å². The zero-order valence-corrected chi connectivity index (χ0v) is 12.7. The molecule has 0 aliphatic carbocycles. The number of likely N-dealkylation sites (tertiary alicyclic amines) is 1. The monoisotopic (exact) mass is 254 g/mol. The van der Waals surface area contributed by atoms with Gasteiger partial charge in [0.1, 0.15) is 0 Å². The van der Waals surface area contributed by atoms with Crippen molar-refractivity contribution in [3.63, 3.8) is 0 Å². The van der Waals surface area contributed by atoms with Crippen molar-refractivity contribution in [2.75, 3.05) is 26.2 Å². The van der Waals surface area contributed by atoms with Gasteiger partial charge in [-0.25, -0.2) is 0 Å². The van der Waals surface area contributed by atoms with Gasteiger partial charge in [0.15, 0.2) is 0 Å². The molecule has 1 heterocycles. The van der Waals surface area contributed by atoms with Crippen LogP contribution < -0.4 is 5.32 Å². The topological polar surface area (TPSA) is 15.3 Å². The van der Waals surface area contributed by atoms with Crippen molar-refractivity contribution >= 4 is 0 Å². The van der Waals surface area contributed by atoms with Gasteiger partial charge in [0.25, 0.3) is 0 Å². The molecule has 18 heavy (non-hydrogen) atoms. The first-order valence-electron chi connectivity index (χ1n) is 8.33. The van der Waals surface area contributed by atoms with Gasteiger partial charge in [-0.05, 0) is 38.9 Å². The van der Waals surface area contributed by atoms with Crippen molar-refractivity contribution in [3.05, 3.63) is 0 Å². The van der Waals surface area contributed by atoms with E-state index in [0.717, 1.165) is 6.04 Å². The summed E-state index contributed by atoms with van der Waals surface area (Å²) in [5.41, 5.74) is 0. The van der Waals surface area contributed by atoms with Crippen LogP contribution >= 0.6 is 0 Å². The minimum Gasteiger partial charge on any atom is -0.315 e. The first kappa shape index (κ1) is 16.0.